The van der Waals surface area contributed by atoms with Gasteiger partial charge in [-0.1, -0.05) is 52.6 Å². The van der Waals surface area contributed by atoms with Crippen molar-refractivity contribution in [3.8, 4) is 11.5 Å². The van der Waals surface area contributed by atoms with Crippen LogP contribution >= 0.6 is 54.4 Å². The Balaban J connectivity index is 2.05. The van der Waals surface area contributed by atoms with Crippen LogP contribution in [-0.2, 0) is 15.8 Å². The van der Waals surface area contributed by atoms with Crippen molar-refractivity contribution in [3.05, 3.63) is 45.4 Å². The number of rotatable bonds is 6. The van der Waals surface area contributed by atoms with Gasteiger partial charge in [-0.3, -0.25) is 4.57 Å². The maximum atomic E-state index is 10.8. The lowest BCUT2D eigenvalue weighted by Gasteiger charge is -2.28. The first-order valence-electron chi connectivity index (χ1n) is 7.22. The first kappa shape index (κ1) is 20.8. The van der Waals surface area contributed by atoms with E-state index in [9.17, 15) is 14.4 Å². The Hall–Kier alpha value is -0.960. The minimum absolute atomic E-state index is 0.218. The molecule has 0 radical (unpaired) electrons. The number of nitrogens with zero attached hydrogens (tertiary/aromatic N) is 2. The van der Waals surface area contributed by atoms with Gasteiger partial charge in [0.05, 0.1) is 28.9 Å². The maximum absolute atomic E-state index is 10.8. The van der Waals surface area contributed by atoms with Crippen LogP contribution in [0.25, 0.3) is 11.0 Å². The second-order valence-electron chi connectivity index (χ2n) is 5.16. The second-order valence-corrected chi connectivity index (χ2v) is 8.28. The number of thioether (sulfide) groups is 1. The van der Waals surface area contributed by atoms with E-state index < -0.39 is 14.6 Å². The third-order valence-corrected chi connectivity index (χ3v) is 5.64. The van der Waals surface area contributed by atoms with Gasteiger partial charge in [0.2, 0.25) is 0 Å². The van der Waals surface area contributed by atoms with Crippen LogP contribution < -0.4 is 14.5 Å². The Bertz CT molecular complexity index is 1060. The highest BCUT2D eigenvalue weighted by Gasteiger charge is 2.16. The molecule has 2 aromatic carbocycles. The van der Waals surface area contributed by atoms with Gasteiger partial charge in [0.25, 0.3) is 0 Å². The molecule has 7 nitrogen and oxygen atoms in total. The largest absolute Gasteiger partial charge is 0.790 e. The number of imidazole rings is 1. The highest BCUT2D eigenvalue weighted by Crippen LogP contribution is 2.39. The summed E-state index contributed by atoms with van der Waals surface area (Å²) >= 11 is 19.6. The molecule has 144 valence electrons. The highest BCUT2D eigenvalue weighted by molar-refractivity contribution is 7.98. The Morgan fingerprint density at radius 1 is 1.19 bits per heavy atom. The predicted octanol–water partition coefficient (Wildman–Crippen LogP) is 4.31. The lowest BCUT2D eigenvalue weighted by molar-refractivity contribution is -0.344. The van der Waals surface area contributed by atoms with Gasteiger partial charge in [0, 0.05) is 6.07 Å². The molecule has 0 aliphatic heterocycles. The number of aromatic nitrogens is 2. The van der Waals surface area contributed by atoms with E-state index in [1.54, 1.807) is 36.6 Å². The van der Waals surface area contributed by atoms with Gasteiger partial charge in [0.15, 0.2) is 5.16 Å². The van der Waals surface area contributed by atoms with Gasteiger partial charge >= 0.3 is 0 Å². The Kier molecular flexibility index (Phi) is 6.30. The number of phosphoric ester groups is 1. The topological polar surface area (TPSA) is 99.5 Å². The quantitative estimate of drug-likeness (QED) is 0.393. The summed E-state index contributed by atoms with van der Waals surface area (Å²) in [5.41, 5.74) is 0.939. The molecular weight excluding hydrogens is 458 g/mol. The first-order chi connectivity index (χ1) is 12.7. The third kappa shape index (κ3) is 4.72. The molecule has 0 saturated heterocycles. The van der Waals surface area contributed by atoms with E-state index in [0.29, 0.717) is 27.0 Å². The molecule has 0 fully saturated rings. The van der Waals surface area contributed by atoms with E-state index in [4.69, 9.17) is 39.5 Å². The van der Waals surface area contributed by atoms with Gasteiger partial charge in [-0.25, -0.2) is 4.98 Å². The molecule has 1 heterocycles. The monoisotopic (exact) mass is 466 g/mol. The molecule has 3 rings (SSSR count). The minimum Gasteiger partial charge on any atom is -0.790 e. The van der Waals surface area contributed by atoms with E-state index in [-0.39, 0.29) is 15.8 Å². The standard InChI is InChI=1S/C15H12Cl3N2O5PS/c1-27-15-19-10-5-9(17)13(25-12-4-2-3-8(16)14(12)18)6-11(10)20(15)7-24-26(21,22)23/h2-6H,7H2,1H3,(H2,21,22,23)/p-2. The number of benzene rings is 2. The van der Waals surface area contributed by atoms with Crippen LogP contribution in [0.15, 0.2) is 35.5 Å². The van der Waals surface area contributed by atoms with Gasteiger partial charge in [-0.2, -0.15) is 0 Å². The summed E-state index contributed by atoms with van der Waals surface area (Å²) in [6.07, 6.45) is 1.75. The Labute approximate surface area is 173 Å². The summed E-state index contributed by atoms with van der Waals surface area (Å²) in [5.74, 6) is 0.538. The fourth-order valence-electron chi connectivity index (χ4n) is 2.27. The normalized spacial score (nSPS) is 11.9. The van der Waals surface area contributed by atoms with E-state index in [2.05, 4.69) is 9.51 Å². The van der Waals surface area contributed by atoms with Crippen LogP contribution in [0.1, 0.15) is 0 Å². The van der Waals surface area contributed by atoms with Crippen molar-refractivity contribution in [1.82, 2.24) is 9.55 Å². The first-order valence-corrected chi connectivity index (χ1v) is 11.0. The van der Waals surface area contributed by atoms with E-state index in [1.807, 2.05) is 0 Å². The molecular formula is C15H10Cl3N2O5PS-2. The van der Waals surface area contributed by atoms with Crippen molar-refractivity contribution in [1.29, 1.82) is 0 Å². The van der Waals surface area contributed by atoms with Gasteiger partial charge < -0.3 is 23.6 Å². The summed E-state index contributed by atoms with van der Waals surface area (Å²) in [4.78, 5) is 26.0. The average molecular weight is 468 g/mol. The summed E-state index contributed by atoms with van der Waals surface area (Å²) in [6.45, 7) is -0.518. The van der Waals surface area contributed by atoms with Crippen LogP contribution in [-0.4, -0.2) is 15.8 Å². The van der Waals surface area contributed by atoms with E-state index in [1.165, 1.54) is 16.3 Å². The predicted molar refractivity (Wildman–Crippen MR) is 102 cm³/mol. The number of fused-ring (bicyclic) bond motifs is 1. The maximum Gasteiger partial charge on any atom is 0.170 e. The van der Waals surface area contributed by atoms with Crippen LogP contribution in [0.3, 0.4) is 0 Å². The fourth-order valence-corrected chi connectivity index (χ4v) is 3.62. The highest BCUT2D eigenvalue weighted by atomic mass is 35.5. The minimum atomic E-state index is -5.15. The number of halogens is 3. The van der Waals surface area contributed by atoms with Crippen molar-refractivity contribution in [3.63, 3.8) is 0 Å². The molecule has 0 spiro atoms. The average Bonchev–Trinajstić information content (AvgIpc) is 2.93. The van der Waals surface area contributed by atoms with E-state index >= 15 is 0 Å². The van der Waals surface area contributed by atoms with Crippen LogP contribution in [0.5, 0.6) is 11.5 Å². The lowest BCUT2D eigenvalue weighted by Crippen LogP contribution is -2.18. The fraction of sp³-hybridized carbons (Fsp3) is 0.133. The number of ether oxygens (including phenoxy) is 1. The number of hydrogen-bond donors (Lipinski definition) is 0. The van der Waals surface area contributed by atoms with Crippen LogP contribution in [0, 0.1) is 0 Å². The van der Waals surface area contributed by atoms with E-state index in [0.717, 1.165) is 0 Å². The smallest absolute Gasteiger partial charge is 0.170 e. The second kappa shape index (κ2) is 8.19. The summed E-state index contributed by atoms with van der Waals surface area (Å²) in [7, 11) is -5.15. The third-order valence-electron chi connectivity index (χ3n) is 3.43. The zero-order valence-electron chi connectivity index (χ0n) is 13.5. The molecule has 0 N–H and O–H groups in total. The Morgan fingerprint density at radius 2 is 1.93 bits per heavy atom. The molecule has 0 aliphatic rings. The van der Waals surface area contributed by atoms with Crippen LogP contribution in [0.2, 0.25) is 15.1 Å². The molecule has 12 heteroatoms. The SMILES string of the molecule is CSc1nc2cc(Cl)c(Oc3cccc(Cl)c3Cl)cc2n1COP(=O)([O-])[O-]. The van der Waals surface area contributed by atoms with Crippen molar-refractivity contribution < 1.29 is 23.6 Å². The Morgan fingerprint density at radius 3 is 2.59 bits per heavy atom. The van der Waals surface area contributed by atoms with Crippen molar-refractivity contribution in [2.45, 2.75) is 11.9 Å². The van der Waals surface area contributed by atoms with Crippen molar-refractivity contribution in [2.75, 3.05) is 6.26 Å². The number of hydrogen-bond acceptors (Lipinski definition) is 7. The molecule has 27 heavy (non-hydrogen) atoms. The molecule has 0 amide bonds. The molecule has 0 aliphatic carbocycles. The number of phosphoric acid groups is 1. The molecule has 0 saturated carbocycles. The summed E-state index contributed by atoms with van der Waals surface area (Å²) < 4.78 is 22.4. The zero-order chi connectivity index (χ0) is 19.8. The summed E-state index contributed by atoms with van der Waals surface area (Å²) in [5, 5.41) is 1.23. The molecule has 0 unspecified atom stereocenters. The van der Waals surface area contributed by atoms with Crippen molar-refractivity contribution in [2.24, 2.45) is 0 Å². The van der Waals surface area contributed by atoms with Crippen LogP contribution in [0.4, 0.5) is 0 Å². The lowest BCUT2D eigenvalue weighted by atomic mass is 10.3. The van der Waals surface area contributed by atoms with Gasteiger partial charge in [-0.15, -0.1) is 0 Å². The molecule has 0 bridgehead atoms. The van der Waals surface area contributed by atoms with Gasteiger partial charge in [-0.05, 0) is 24.5 Å². The summed E-state index contributed by atoms with van der Waals surface area (Å²) in [6, 6.07) is 8.00. The van der Waals surface area contributed by atoms with Crippen molar-refractivity contribution >= 4 is 65.4 Å². The zero-order valence-corrected chi connectivity index (χ0v) is 17.5. The van der Waals surface area contributed by atoms with Gasteiger partial charge in [0.1, 0.15) is 23.3 Å². The molecule has 0 atom stereocenters. The molecule has 1 aromatic heterocycles. The molecule has 3 aromatic rings.